The topological polar surface area (TPSA) is 64.3 Å². The molecule has 3 N–H and O–H groups in total. The first kappa shape index (κ1) is 16.5. The average Bonchev–Trinajstić information content (AvgIpc) is 2.42. The molecule has 1 aromatic rings. The molecule has 112 valence electrons. The van der Waals surface area contributed by atoms with Crippen molar-refractivity contribution >= 4 is 5.91 Å². The molecule has 0 fully saturated rings. The van der Waals surface area contributed by atoms with E-state index in [0.29, 0.717) is 19.4 Å². The van der Waals surface area contributed by atoms with Crippen LogP contribution in [0.15, 0.2) is 18.2 Å². The highest BCUT2D eigenvalue weighted by Gasteiger charge is 2.19. The van der Waals surface area contributed by atoms with E-state index in [9.17, 15) is 4.79 Å². The third-order valence-corrected chi connectivity index (χ3v) is 3.23. The van der Waals surface area contributed by atoms with Crippen LogP contribution in [0.2, 0.25) is 0 Å². The summed E-state index contributed by atoms with van der Waals surface area (Å²) in [5.41, 5.74) is 4.68. The standard InChI is InChI=1S/C16H26N2O2/c1-5-12-8-9-14(13(11-12)16(2,3)4)20-10-6-7-15(19)18-17/h8-9,11H,5-7,10,17H2,1-4H3,(H,18,19). The van der Waals surface area contributed by atoms with E-state index in [0.717, 1.165) is 12.2 Å². The molecule has 1 rings (SSSR count). The van der Waals surface area contributed by atoms with Gasteiger partial charge in [0, 0.05) is 6.42 Å². The SMILES string of the molecule is CCc1ccc(OCCCC(=O)NN)c(C(C)(C)C)c1. The van der Waals surface area contributed by atoms with Crippen LogP contribution >= 0.6 is 0 Å². The van der Waals surface area contributed by atoms with Gasteiger partial charge in [-0.3, -0.25) is 10.2 Å². The molecule has 0 saturated heterocycles. The highest BCUT2D eigenvalue weighted by Crippen LogP contribution is 2.32. The van der Waals surface area contributed by atoms with Gasteiger partial charge >= 0.3 is 0 Å². The largest absolute Gasteiger partial charge is 0.493 e. The lowest BCUT2D eigenvalue weighted by Gasteiger charge is -2.23. The molecular weight excluding hydrogens is 252 g/mol. The van der Waals surface area contributed by atoms with Crippen LogP contribution in [-0.2, 0) is 16.6 Å². The molecule has 0 saturated carbocycles. The minimum Gasteiger partial charge on any atom is -0.493 e. The van der Waals surface area contributed by atoms with E-state index < -0.39 is 0 Å². The summed E-state index contributed by atoms with van der Waals surface area (Å²) < 4.78 is 5.84. The maximum Gasteiger partial charge on any atom is 0.234 e. The molecule has 20 heavy (non-hydrogen) atoms. The van der Waals surface area contributed by atoms with Crippen molar-refractivity contribution in [1.29, 1.82) is 0 Å². The maximum absolute atomic E-state index is 11.0. The monoisotopic (exact) mass is 278 g/mol. The number of hydrogen-bond acceptors (Lipinski definition) is 3. The molecule has 1 amide bonds. The number of nitrogens with one attached hydrogen (secondary N) is 1. The number of hydrogen-bond donors (Lipinski definition) is 2. The van der Waals surface area contributed by atoms with Crippen LogP contribution in [0.3, 0.4) is 0 Å². The van der Waals surface area contributed by atoms with E-state index in [1.165, 1.54) is 11.1 Å². The zero-order chi connectivity index (χ0) is 15.2. The molecule has 0 aromatic heterocycles. The number of ether oxygens (including phenoxy) is 1. The van der Waals surface area contributed by atoms with Crippen molar-refractivity contribution in [1.82, 2.24) is 5.43 Å². The Balaban J connectivity index is 2.72. The van der Waals surface area contributed by atoms with Gasteiger partial charge < -0.3 is 4.74 Å². The molecule has 0 aliphatic carbocycles. The fraction of sp³-hybridized carbons (Fsp3) is 0.562. The Bertz CT molecular complexity index is 450. The van der Waals surface area contributed by atoms with Crippen molar-refractivity contribution in [3.63, 3.8) is 0 Å². The Labute approximate surface area is 121 Å². The smallest absolute Gasteiger partial charge is 0.234 e. The van der Waals surface area contributed by atoms with E-state index >= 15 is 0 Å². The van der Waals surface area contributed by atoms with Crippen LogP contribution in [0.4, 0.5) is 0 Å². The van der Waals surface area contributed by atoms with Gasteiger partial charge in [-0.15, -0.1) is 0 Å². The highest BCUT2D eigenvalue weighted by atomic mass is 16.5. The number of benzene rings is 1. The lowest BCUT2D eigenvalue weighted by Crippen LogP contribution is -2.30. The number of amides is 1. The number of hydrazine groups is 1. The molecule has 1 aromatic carbocycles. The van der Waals surface area contributed by atoms with Crippen LogP contribution in [0, 0.1) is 0 Å². The normalized spacial score (nSPS) is 11.2. The van der Waals surface area contributed by atoms with Crippen molar-refractivity contribution in [3.05, 3.63) is 29.3 Å². The minimum atomic E-state index is -0.161. The summed E-state index contributed by atoms with van der Waals surface area (Å²) >= 11 is 0. The summed E-state index contributed by atoms with van der Waals surface area (Å²) in [6.07, 6.45) is 2.05. The molecule has 0 aliphatic heterocycles. The fourth-order valence-corrected chi connectivity index (χ4v) is 2.00. The quantitative estimate of drug-likeness (QED) is 0.364. The van der Waals surface area contributed by atoms with Crippen LogP contribution in [0.1, 0.15) is 51.7 Å². The summed E-state index contributed by atoms with van der Waals surface area (Å²) in [4.78, 5) is 11.0. The number of aryl methyl sites for hydroxylation is 1. The van der Waals surface area contributed by atoms with Crippen LogP contribution < -0.4 is 16.0 Å². The predicted molar refractivity (Wildman–Crippen MR) is 81.6 cm³/mol. The van der Waals surface area contributed by atoms with E-state index in [2.05, 4.69) is 45.3 Å². The molecular formula is C16H26N2O2. The van der Waals surface area contributed by atoms with Gasteiger partial charge in [-0.05, 0) is 35.4 Å². The first-order valence-corrected chi connectivity index (χ1v) is 7.14. The number of rotatable bonds is 6. The van der Waals surface area contributed by atoms with E-state index in [-0.39, 0.29) is 11.3 Å². The van der Waals surface area contributed by atoms with E-state index in [1.54, 1.807) is 0 Å². The van der Waals surface area contributed by atoms with Gasteiger partial charge in [0.25, 0.3) is 0 Å². The predicted octanol–water partition coefficient (Wildman–Crippen LogP) is 2.70. The number of carbonyl (C=O) groups excluding carboxylic acids is 1. The van der Waals surface area contributed by atoms with Gasteiger partial charge in [0.2, 0.25) is 5.91 Å². The summed E-state index contributed by atoms with van der Waals surface area (Å²) in [7, 11) is 0. The van der Waals surface area contributed by atoms with Crippen molar-refractivity contribution < 1.29 is 9.53 Å². The molecule has 0 radical (unpaired) electrons. The summed E-state index contributed by atoms with van der Waals surface area (Å²) in [5.74, 6) is 5.78. The minimum absolute atomic E-state index is 0.0369. The molecule has 0 spiro atoms. The van der Waals surface area contributed by atoms with Gasteiger partial charge in [-0.2, -0.15) is 0 Å². The lowest BCUT2D eigenvalue weighted by atomic mass is 9.85. The Hall–Kier alpha value is -1.55. The lowest BCUT2D eigenvalue weighted by molar-refractivity contribution is -0.121. The van der Waals surface area contributed by atoms with Crippen molar-refractivity contribution in [2.75, 3.05) is 6.61 Å². The first-order chi connectivity index (χ1) is 9.38. The molecule has 0 bridgehead atoms. The van der Waals surface area contributed by atoms with Crippen molar-refractivity contribution in [2.45, 2.75) is 52.4 Å². The second-order valence-corrected chi connectivity index (χ2v) is 5.95. The van der Waals surface area contributed by atoms with E-state index in [1.807, 2.05) is 6.07 Å². The molecule has 4 heteroatoms. The third-order valence-electron chi connectivity index (χ3n) is 3.23. The fourth-order valence-electron chi connectivity index (χ4n) is 2.00. The molecule has 0 atom stereocenters. The van der Waals surface area contributed by atoms with Crippen molar-refractivity contribution in [2.24, 2.45) is 5.84 Å². The van der Waals surface area contributed by atoms with Crippen molar-refractivity contribution in [3.8, 4) is 5.75 Å². The Kier molecular flexibility index (Phi) is 6.02. The second kappa shape index (κ2) is 7.29. The molecule has 0 heterocycles. The van der Waals surface area contributed by atoms with Gasteiger partial charge in [0.1, 0.15) is 5.75 Å². The number of carbonyl (C=O) groups is 1. The summed E-state index contributed by atoms with van der Waals surface area (Å²) in [6, 6.07) is 6.33. The summed E-state index contributed by atoms with van der Waals surface area (Å²) in [6.45, 7) is 9.19. The molecule has 0 aliphatic rings. The molecule has 0 unspecified atom stereocenters. The van der Waals surface area contributed by atoms with Gasteiger partial charge in [0.05, 0.1) is 6.61 Å². The zero-order valence-corrected chi connectivity index (χ0v) is 13.0. The third kappa shape index (κ3) is 4.85. The zero-order valence-electron chi connectivity index (χ0n) is 13.0. The summed E-state index contributed by atoms with van der Waals surface area (Å²) in [5, 5.41) is 0. The van der Waals surface area contributed by atoms with Crippen LogP contribution in [0.25, 0.3) is 0 Å². The van der Waals surface area contributed by atoms with Crippen LogP contribution in [0.5, 0.6) is 5.75 Å². The average molecular weight is 278 g/mol. The van der Waals surface area contributed by atoms with Crippen LogP contribution in [-0.4, -0.2) is 12.5 Å². The van der Waals surface area contributed by atoms with Gasteiger partial charge in [-0.1, -0.05) is 39.8 Å². The first-order valence-electron chi connectivity index (χ1n) is 7.14. The number of nitrogens with two attached hydrogens (primary N) is 1. The Morgan fingerprint density at radius 3 is 2.60 bits per heavy atom. The van der Waals surface area contributed by atoms with E-state index in [4.69, 9.17) is 10.6 Å². The highest BCUT2D eigenvalue weighted by molar-refractivity contribution is 5.75. The Morgan fingerprint density at radius 2 is 2.05 bits per heavy atom. The second-order valence-electron chi connectivity index (χ2n) is 5.95. The maximum atomic E-state index is 11.0. The van der Waals surface area contributed by atoms with Gasteiger partial charge in [-0.25, -0.2) is 5.84 Å². The Morgan fingerprint density at radius 1 is 1.35 bits per heavy atom. The molecule has 4 nitrogen and oxygen atoms in total. The van der Waals surface area contributed by atoms with Gasteiger partial charge in [0.15, 0.2) is 0 Å².